The molecule has 11 heteroatoms. The van der Waals surface area contributed by atoms with Crippen LogP contribution in [0.15, 0.2) is 47.9 Å². The van der Waals surface area contributed by atoms with Crippen molar-refractivity contribution in [1.29, 1.82) is 0 Å². The third kappa shape index (κ3) is 2.97. The van der Waals surface area contributed by atoms with Crippen molar-refractivity contribution in [3.63, 3.8) is 0 Å². The summed E-state index contributed by atoms with van der Waals surface area (Å²) in [6, 6.07) is 5.49. The molecule has 24 heavy (non-hydrogen) atoms. The summed E-state index contributed by atoms with van der Waals surface area (Å²) in [6.45, 7) is 0. The van der Waals surface area contributed by atoms with Gasteiger partial charge in [-0.3, -0.25) is 9.82 Å². The number of fused-ring (bicyclic) bond motifs is 1. The maximum absolute atomic E-state index is 13.1. The topological polar surface area (TPSA) is 104 Å². The number of nitrogens with one attached hydrogen (secondary N) is 3. The summed E-state index contributed by atoms with van der Waals surface area (Å²) < 4.78 is 65.7. The molecular weight excluding hydrogens is 347 g/mol. The lowest BCUT2D eigenvalue weighted by atomic mass is 10.2. The SMILES string of the molecule is O=S(=O)(N/C=C(/c1ccc[nH]1)C(F)(F)F)c1[nH]nc2ncccc12. The maximum atomic E-state index is 13.1. The zero-order valence-electron chi connectivity index (χ0n) is 11.8. The fourth-order valence-corrected chi connectivity index (χ4v) is 3.04. The number of sulfonamides is 1. The number of rotatable bonds is 4. The van der Waals surface area contributed by atoms with Gasteiger partial charge in [0.25, 0.3) is 10.0 Å². The van der Waals surface area contributed by atoms with Crippen LogP contribution in [-0.4, -0.2) is 34.8 Å². The first-order chi connectivity index (χ1) is 11.3. The number of hydrogen-bond donors (Lipinski definition) is 3. The molecule has 0 bridgehead atoms. The van der Waals surface area contributed by atoms with E-state index >= 15 is 0 Å². The van der Waals surface area contributed by atoms with Gasteiger partial charge in [-0.1, -0.05) is 0 Å². The number of alkyl halides is 3. The summed E-state index contributed by atoms with van der Waals surface area (Å²) in [6.07, 6.45) is -1.63. The van der Waals surface area contributed by atoms with E-state index in [0.717, 1.165) is 0 Å². The fourth-order valence-electron chi connectivity index (χ4n) is 2.04. The Morgan fingerprint density at radius 1 is 1.25 bits per heavy atom. The van der Waals surface area contributed by atoms with E-state index in [9.17, 15) is 21.6 Å². The minimum atomic E-state index is -4.75. The van der Waals surface area contributed by atoms with Crippen molar-refractivity contribution in [2.24, 2.45) is 0 Å². The molecule has 0 unspecified atom stereocenters. The molecule has 0 saturated carbocycles. The van der Waals surface area contributed by atoms with E-state index in [1.165, 1.54) is 36.7 Å². The van der Waals surface area contributed by atoms with Crippen LogP contribution in [0.25, 0.3) is 16.6 Å². The van der Waals surface area contributed by atoms with E-state index in [2.05, 4.69) is 20.2 Å². The number of nitrogens with zero attached hydrogens (tertiary/aromatic N) is 2. The summed E-state index contributed by atoms with van der Waals surface area (Å²) in [7, 11) is -4.29. The van der Waals surface area contributed by atoms with Crippen molar-refractivity contribution in [2.75, 3.05) is 0 Å². The fraction of sp³-hybridized carbons (Fsp3) is 0.0769. The summed E-state index contributed by atoms with van der Waals surface area (Å²) in [5.74, 6) is 0. The Morgan fingerprint density at radius 2 is 2.04 bits per heavy atom. The average Bonchev–Trinajstić information content (AvgIpc) is 3.15. The molecule has 0 fully saturated rings. The van der Waals surface area contributed by atoms with Crippen LogP contribution in [0.5, 0.6) is 0 Å². The van der Waals surface area contributed by atoms with Crippen molar-refractivity contribution in [3.05, 3.63) is 48.6 Å². The van der Waals surface area contributed by atoms with Crippen LogP contribution in [0.4, 0.5) is 13.2 Å². The Labute approximate surface area is 133 Å². The van der Waals surface area contributed by atoms with Gasteiger partial charge in [-0.05, 0) is 24.3 Å². The van der Waals surface area contributed by atoms with Gasteiger partial charge in [0.1, 0.15) is 0 Å². The quantitative estimate of drug-likeness (QED) is 0.666. The van der Waals surface area contributed by atoms with E-state index in [0.29, 0.717) is 6.20 Å². The lowest BCUT2D eigenvalue weighted by Crippen LogP contribution is -2.22. The molecule has 0 aliphatic heterocycles. The highest BCUT2D eigenvalue weighted by molar-refractivity contribution is 7.89. The number of pyridine rings is 1. The molecule has 0 atom stereocenters. The Balaban J connectivity index is 1.99. The molecule has 3 aromatic rings. The predicted octanol–water partition coefficient (Wildman–Crippen LogP) is 2.17. The zero-order chi connectivity index (χ0) is 17.4. The molecule has 0 radical (unpaired) electrons. The van der Waals surface area contributed by atoms with E-state index < -0.39 is 21.8 Å². The van der Waals surface area contributed by atoms with E-state index in [1.54, 1.807) is 0 Å². The number of aromatic amines is 2. The second-order valence-electron chi connectivity index (χ2n) is 4.69. The molecule has 0 saturated heterocycles. The normalized spacial score (nSPS) is 13.4. The summed E-state index contributed by atoms with van der Waals surface area (Å²) in [5.41, 5.74) is -1.28. The Kier molecular flexibility index (Phi) is 3.79. The highest BCUT2D eigenvalue weighted by atomic mass is 32.2. The number of H-pyrrole nitrogens is 2. The Bertz CT molecular complexity index is 990. The highest BCUT2D eigenvalue weighted by Gasteiger charge is 2.36. The first-order valence-corrected chi connectivity index (χ1v) is 8.00. The van der Waals surface area contributed by atoms with Gasteiger partial charge in [0.15, 0.2) is 10.7 Å². The Hall–Kier alpha value is -2.82. The van der Waals surface area contributed by atoms with Crippen LogP contribution < -0.4 is 4.72 Å². The molecule has 0 aliphatic carbocycles. The van der Waals surface area contributed by atoms with Gasteiger partial charge in [0.05, 0.1) is 16.7 Å². The third-order valence-electron chi connectivity index (χ3n) is 3.12. The second-order valence-corrected chi connectivity index (χ2v) is 6.34. The number of allylic oxidation sites excluding steroid dienone is 1. The van der Waals surface area contributed by atoms with Crippen molar-refractivity contribution in [1.82, 2.24) is 24.9 Å². The zero-order valence-corrected chi connectivity index (χ0v) is 12.6. The lowest BCUT2D eigenvalue weighted by Gasteiger charge is -2.11. The molecular formula is C13H10F3N5O2S. The number of halogens is 3. The summed E-state index contributed by atoms with van der Waals surface area (Å²) in [5, 5.41) is 5.78. The van der Waals surface area contributed by atoms with Crippen LogP contribution in [0.2, 0.25) is 0 Å². The third-order valence-corrected chi connectivity index (χ3v) is 4.39. The second kappa shape index (κ2) is 5.67. The van der Waals surface area contributed by atoms with Crippen LogP contribution in [0.1, 0.15) is 5.69 Å². The molecule has 3 heterocycles. The van der Waals surface area contributed by atoms with Gasteiger partial charge in [-0.2, -0.15) is 26.7 Å². The minimum absolute atomic E-state index is 0.141. The first kappa shape index (κ1) is 16.1. The van der Waals surface area contributed by atoms with Gasteiger partial charge in [0, 0.05) is 18.6 Å². The molecule has 126 valence electrons. The van der Waals surface area contributed by atoms with Crippen LogP contribution in [-0.2, 0) is 10.0 Å². The van der Waals surface area contributed by atoms with Crippen molar-refractivity contribution < 1.29 is 21.6 Å². The molecule has 0 aliphatic rings. The van der Waals surface area contributed by atoms with Gasteiger partial charge < -0.3 is 4.98 Å². The van der Waals surface area contributed by atoms with Gasteiger partial charge in [0.2, 0.25) is 0 Å². The Morgan fingerprint density at radius 3 is 2.71 bits per heavy atom. The molecule has 7 nitrogen and oxygen atoms in total. The monoisotopic (exact) mass is 357 g/mol. The molecule has 3 aromatic heterocycles. The molecule has 0 aromatic carbocycles. The van der Waals surface area contributed by atoms with Crippen LogP contribution in [0.3, 0.4) is 0 Å². The average molecular weight is 357 g/mol. The minimum Gasteiger partial charge on any atom is -0.361 e. The van der Waals surface area contributed by atoms with Crippen molar-refractivity contribution in [2.45, 2.75) is 11.2 Å². The lowest BCUT2D eigenvalue weighted by molar-refractivity contribution is -0.0692. The van der Waals surface area contributed by atoms with Crippen LogP contribution in [0, 0.1) is 0 Å². The van der Waals surface area contributed by atoms with Gasteiger partial charge in [-0.25, -0.2) is 4.98 Å². The smallest absolute Gasteiger partial charge is 0.361 e. The van der Waals surface area contributed by atoms with E-state index in [4.69, 9.17) is 0 Å². The summed E-state index contributed by atoms with van der Waals surface area (Å²) >= 11 is 0. The van der Waals surface area contributed by atoms with Crippen molar-refractivity contribution >= 4 is 26.6 Å². The number of hydrogen-bond acceptors (Lipinski definition) is 4. The number of aromatic nitrogens is 4. The van der Waals surface area contributed by atoms with Crippen molar-refractivity contribution in [3.8, 4) is 0 Å². The van der Waals surface area contributed by atoms with E-state index in [1.807, 2.05) is 4.72 Å². The van der Waals surface area contributed by atoms with Gasteiger partial charge in [-0.15, -0.1) is 0 Å². The molecule has 0 amide bonds. The molecule has 0 spiro atoms. The van der Waals surface area contributed by atoms with Gasteiger partial charge >= 0.3 is 6.18 Å². The standard InChI is InChI=1S/C13H10F3N5O2S/c14-13(15,16)9(10-4-2-5-17-10)7-19-24(22,23)12-8-3-1-6-18-11(8)20-21-12/h1-7,17,19H,(H,18,20,21)/b9-7-. The largest absolute Gasteiger partial charge is 0.419 e. The predicted molar refractivity (Wildman–Crippen MR) is 79.0 cm³/mol. The maximum Gasteiger partial charge on any atom is 0.419 e. The highest BCUT2D eigenvalue weighted by Crippen LogP contribution is 2.32. The van der Waals surface area contributed by atoms with Crippen LogP contribution >= 0.6 is 0 Å². The summed E-state index contributed by atoms with van der Waals surface area (Å²) in [4.78, 5) is 6.25. The van der Waals surface area contributed by atoms with E-state index in [-0.39, 0.29) is 21.8 Å². The molecule has 3 N–H and O–H groups in total. The molecule has 3 rings (SSSR count). The first-order valence-electron chi connectivity index (χ1n) is 6.51.